The van der Waals surface area contributed by atoms with E-state index >= 15 is 0 Å². The molecule has 2 saturated heterocycles. The van der Waals surface area contributed by atoms with E-state index < -0.39 is 5.54 Å². The highest BCUT2D eigenvalue weighted by Crippen LogP contribution is 2.41. The molecule has 27 heavy (non-hydrogen) atoms. The van der Waals surface area contributed by atoms with Gasteiger partial charge in [0, 0.05) is 26.2 Å². The minimum absolute atomic E-state index is 0.153. The highest BCUT2D eigenvalue weighted by molar-refractivity contribution is 6.07. The number of carbonyl (C=O) groups excluding carboxylic acids is 2. The maximum Gasteiger partial charge on any atom is 0.322 e. The van der Waals surface area contributed by atoms with Crippen molar-refractivity contribution in [3.05, 3.63) is 0 Å². The van der Waals surface area contributed by atoms with Gasteiger partial charge in [-0.15, -0.1) is 0 Å². The fourth-order valence-electron chi connectivity index (χ4n) is 4.93. The van der Waals surface area contributed by atoms with Crippen molar-refractivity contribution in [2.45, 2.75) is 71.3 Å². The summed E-state index contributed by atoms with van der Waals surface area (Å²) in [6.07, 6.45) is 8.19. The molecule has 0 aromatic carbocycles. The minimum Gasteiger partial charge on any atom is -0.357 e. The summed E-state index contributed by atoms with van der Waals surface area (Å²) in [4.78, 5) is 31.1. The maximum absolute atomic E-state index is 12.2. The molecule has 7 nitrogen and oxygen atoms in total. The molecule has 2 aliphatic heterocycles. The summed E-state index contributed by atoms with van der Waals surface area (Å²) in [5.74, 6) is 0.957. The van der Waals surface area contributed by atoms with Crippen LogP contribution in [0.4, 0.5) is 4.79 Å². The Labute approximate surface area is 162 Å². The van der Waals surface area contributed by atoms with Gasteiger partial charge in [-0.2, -0.15) is 0 Å². The zero-order valence-corrected chi connectivity index (χ0v) is 17.1. The van der Waals surface area contributed by atoms with Crippen molar-refractivity contribution in [1.29, 1.82) is 0 Å². The topological polar surface area (TPSA) is 85.8 Å². The monoisotopic (exact) mass is 377 g/mol. The summed E-state index contributed by atoms with van der Waals surface area (Å²) >= 11 is 0. The van der Waals surface area contributed by atoms with Gasteiger partial charge in [0.05, 0.1) is 0 Å². The molecule has 2 heterocycles. The summed E-state index contributed by atoms with van der Waals surface area (Å²) in [6.45, 7) is 9.71. The fourth-order valence-corrected chi connectivity index (χ4v) is 4.93. The van der Waals surface area contributed by atoms with Crippen molar-refractivity contribution in [1.82, 2.24) is 20.9 Å². The zero-order valence-electron chi connectivity index (χ0n) is 17.1. The Hall–Kier alpha value is -1.79. The highest BCUT2D eigenvalue weighted by atomic mass is 16.2. The Kier molecular flexibility index (Phi) is 5.96. The van der Waals surface area contributed by atoms with E-state index in [1.807, 2.05) is 6.92 Å². The first-order valence-corrected chi connectivity index (χ1v) is 10.6. The molecule has 1 saturated carbocycles. The van der Waals surface area contributed by atoms with Gasteiger partial charge in [0.1, 0.15) is 5.54 Å². The van der Waals surface area contributed by atoms with E-state index in [0.717, 1.165) is 45.0 Å². The van der Waals surface area contributed by atoms with Gasteiger partial charge in [-0.3, -0.25) is 15.1 Å². The van der Waals surface area contributed by atoms with E-state index in [2.05, 4.69) is 34.7 Å². The molecule has 0 bridgehead atoms. The summed E-state index contributed by atoms with van der Waals surface area (Å²) in [5.41, 5.74) is -0.395. The molecule has 152 valence electrons. The van der Waals surface area contributed by atoms with E-state index in [0.29, 0.717) is 5.41 Å². The van der Waals surface area contributed by atoms with Gasteiger partial charge < -0.3 is 15.5 Å². The minimum atomic E-state index is -0.783. The normalized spacial score (nSPS) is 29.0. The summed E-state index contributed by atoms with van der Waals surface area (Å²) in [7, 11) is 0. The van der Waals surface area contributed by atoms with E-state index in [-0.39, 0.29) is 17.9 Å². The van der Waals surface area contributed by atoms with Crippen molar-refractivity contribution in [2.75, 3.05) is 26.2 Å². The summed E-state index contributed by atoms with van der Waals surface area (Å²) in [6, 6.07) is -0.374. The molecule has 3 rings (SSSR count). The van der Waals surface area contributed by atoms with Crippen LogP contribution in [-0.2, 0) is 4.79 Å². The lowest BCUT2D eigenvalue weighted by Gasteiger charge is -2.40. The number of guanidine groups is 1. The molecule has 1 aliphatic carbocycles. The molecule has 1 unspecified atom stereocenters. The Balaban J connectivity index is 1.62. The van der Waals surface area contributed by atoms with Crippen LogP contribution in [0.15, 0.2) is 4.99 Å². The number of likely N-dealkylation sites (tertiary alicyclic amines) is 1. The van der Waals surface area contributed by atoms with Gasteiger partial charge in [-0.25, -0.2) is 4.79 Å². The number of aliphatic imine (C=N–C) groups is 1. The number of nitrogens with one attached hydrogen (secondary N) is 3. The van der Waals surface area contributed by atoms with E-state index in [9.17, 15) is 9.59 Å². The average Bonchev–Trinajstić information content (AvgIpc) is 3.24. The molecule has 3 fully saturated rings. The van der Waals surface area contributed by atoms with E-state index in [4.69, 9.17) is 4.99 Å². The van der Waals surface area contributed by atoms with Crippen molar-refractivity contribution < 1.29 is 9.59 Å². The van der Waals surface area contributed by atoms with Gasteiger partial charge in [0.2, 0.25) is 0 Å². The fraction of sp³-hybridized carbons (Fsp3) is 0.850. The number of piperidine rings is 1. The molecule has 0 spiro atoms. The van der Waals surface area contributed by atoms with Crippen molar-refractivity contribution in [3.8, 4) is 0 Å². The molecule has 3 aliphatic rings. The lowest BCUT2D eigenvalue weighted by molar-refractivity contribution is -0.125. The predicted molar refractivity (Wildman–Crippen MR) is 107 cm³/mol. The van der Waals surface area contributed by atoms with Crippen molar-refractivity contribution in [2.24, 2.45) is 16.3 Å². The molecule has 3 N–H and O–H groups in total. The van der Waals surface area contributed by atoms with Crippen LogP contribution >= 0.6 is 0 Å². The molecule has 3 amide bonds. The zero-order chi connectivity index (χ0) is 19.5. The maximum atomic E-state index is 12.2. The number of rotatable bonds is 5. The number of hydrogen-bond acceptors (Lipinski definition) is 3. The predicted octanol–water partition coefficient (Wildman–Crippen LogP) is 2.23. The number of amides is 3. The second-order valence-corrected chi connectivity index (χ2v) is 8.60. The van der Waals surface area contributed by atoms with E-state index in [1.54, 1.807) is 0 Å². The third-order valence-corrected chi connectivity index (χ3v) is 7.00. The molecule has 0 aromatic rings. The number of carbonyl (C=O) groups is 2. The van der Waals surface area contributed by atoms with Crippen molar-refractivity contribution in [3.63, 3.8) is 0 Å². The van der Waals surface area contributed by atoms with Gasteiger partial charge in [0.25, 0.3) is 5.91 Å². The van der Waals surface area contributed by atoms with Crippen LogP contribution in [-0.4, -0.2) is 54.5 Å². The van der Waals surface area contributed by atoms with Crippen LogP contribution < -0.4 is 16.0 Å². The Morgan fingerprint density at radius 1 is 1.22 bits per heavy atom. The molecular formula is C20H35N5O2. The first-order chi connectivity index (χ1) is 12.9. The Bertz CT molecular complexity index is 591. The highest BCUT2D eigenvalue weighted by Gasteiger charge is 2.48. The standard InChI is InChI=1S/C20H35N5O2/c1-4-20(10-6-7-11-20)14-22-17(21-5-2)25-12-8-15(9-13-25)19(3)16(26)23-18(27)24-19/h15H,4-14H2,1-3H3,(H,21,22)(H2,23,24,26,27). The van der Waals surface area contributed by atoms with Crippen LogP contribution in [0.1, 0.15) is 65.7 Å². The smallest absolute Gasteiger partial charge is 0.322 e. The van der Waals surface area contributed by atoms with Gasteiger partial charge >= 0.3 is 6.03 Å². The largest absolute Gasteiger partial charge is 0.357 e. The lowest BCUT2D eigenvalue weighted by atomic mass is 9.79. The van der Waals surface area contributed by atoms with Crippen LogP contribution in [0.2, 0.25) is 0 Å². The van der Waals surface area contributed by atoms with Crippen LogP contribution in [0.25, 0.3) is 0 Å². The Morgan fingerprint density at radius 2 is 1.89 bits per heavy atom. The quantitative estimate of drug-likeness (QED) is 0.390. The van der Waals surface area contributed by atoms with Gasteiger partial charge in [-0.05, 0) is 57.3 Å². The van der Waals surface area contributed by atoms with Crippen LogP contribution in [0.3, 0.4) is 0 Å². The molecule has 7 heteroatoms. The summed E-state index contributed by atoms with van der Waals surface area (Å²) < 4.78 is 0. The second kappa shape index (κ2) is 8.07. The molecule has 0 aromatic heterocycles. The Morgan fingerprint density at radius 3 is 2.41 bits per heavy atom. The second-order valence-electron chi connectivity index (χ2n) is 8.60. The third-order valence-electron chi connectivity index (χ3n) is 7.00. The van der Waals surface area contributed by atoms with Gasteiger partial charge in [0.15, 0.2) is 5.96 Å². The molecule has 0 radical (unpaired) electrons. The molecule has 1 atom stereocenters. The number of urea groups is 1. The first kappa shape index (κ1) is 20.0. The SMILES string of the molecule is CCNC(=NCC1(CC)CCCC1)N1CCC(C2(C)NC(=O)NC2=O)CC1. The number of hydrogen-bond donors (Lipinski definition) is 3. The number of nitrogens with zero attached hydrogens (tertiary/aromatic N) is 2. The van der Waals surface area contributed by atoms with Gasteiger partial charge in [-0.1, -0.05) is 19.8 Å². The van der Waals surface area contributed by atoms with Crippen LogP contribution in [0, 0.1) is 11.3 Å². The number of imide groups is 1. The molecular weight excluding hydrogens is 342 g/mol. The average molecular weight is 378 g/mol. The summed E-state index contributed by atoms with van der Waals surface area (Å²) in [5, 5.41) is 8.67. The van der Waals surface area contributed by atoms with Crippen LogP contribution in [0.5, 0.6) is 0 Å². The van der Waals surface area contributed by atoms with E-state index in [1.165, 1.54) is 32.1 Å². The van der Waals surface area contributed by atoms with Crippen molar-refractivity contribution >= 4 is 17.9 Å². The third kappa shape index (κ3) is 4.06. The lowest BCUT2D eigenvalue weighted by Crippen LogP contribution is -2.55. The first-order valence-electron chi connectivity index (χ1n) is 10.6.